The van der Waals surface area contributed by atoms with Crippen molar-refractivity contribution in [2.45, 2.75) is 39.9 Å². The third-order valence-corrected chi connectivity index (χ3v) is 12.3. The summed E-state index contributed by atoms with van der Waals surface area (Å²) in [5.41, 5.74) is 0. The molecule has 2 aromatic rings. The van der Waals surface area contributed by atoms with Crippen LogP contribution in [0.1, 0.15) is 13.8 Å². The number of halogens is 6. The summed E-state index contributed by atoms with van der Waals surface area (Å²) < 4.78 is 6.48. The molecule has 0 N–H and O–H groups in total. The van der Waals surface area contributed by atoms with E-state index in [1.54, 1.807) is 0 Å². The average molecular weight is 1060 g/mol. The molecule has 2 rings (SSSR count). The Labute approximate surface area is 244 Å². The van der Waals surface area contributed by atoms with Gasteiger partial charge in [-0.15, -0.1) is 23.5 Å². The first-order valence-corrected chi connectivity index (χ1v) is 16.3. The third kappa shape index (κ3) is 8.14. The Bertz CT molecular complexity index is 701. The lowest BCUT2D eigenvalue weighted by Gasteiger charge is -2.14. The van der Waals surface area contributed by atoms with Crippen LogP contribution in [-0.4, -0.2) is 6.51 Å². The fourth-order valence-corrected chi connectivity index (χ4v) is 9.92. The van der Waals surface area contributed by atoms with Gasteiger partial charge in [-0.25, -0.2) is 0 Å². The Balaban J connectivity index is 2.30. The first kappa shape index (κ1) is 25.1. The summed E-state index contributed by atoms with van der Waals surface area (Å²) >= 11 is 20.5. The summed E-state index contributed by atoms with van der Waals surface area (Å²) in [4.78, 5) is 5.44. The predicted octanol–water partition coefficient (Wildman–Crippen LogP) is 10.0. The lowest BCUT2D eigenvalue weighted by Crippen LogP contribution is -1.92. The average Bonchev–Trinajstić information content (AvgIpc) is 2.48. The van der Waals surface area contributed by atoms with E-state index in [1.807, 2.05) is 35.3 Å². The standard InChI is InChI=1S/C16H12I6S3/c1-7(17)23-13-3-11(21)15(5-9(13)19)25-16-6-10(20)14(4-12(16)22)24-8(2)18/h3-8H,1-2H3. The second-order valence-corrected chi connectivity index (χ2v) is 18.8. The van der Waals surface area contributed by atoms with Crippen molar-refractivity contribution in [1.82, 2.24) is 0 Å². The largest absolute Gasteiger partial charge is 0.111 e. The Hall–Kier alpha value is 3.87. The number of benzene rings is 2. The van der Waals surface area contributed by atoms with E-state index < -0.39 is 0 Å². The maximum absolute atomic E-state index is 2.47. The Morgan fingerprint density at radius 3 is 1.20 bits per heavy atom. The zero-order valence-electron chi connectivity index (χ0n) is 13.0. The van der Waals surface area contributed by atoms with E-state index in [0.717, 1.165) is 0 Å². The van der Waals surface area contributed by atoms with E-state index >= 15 is 0 Å². The van der Waals surface area contributed by atoms with Crippen molar-refractivity contribution in [1.29, 1.82) is 0 Å². The van der Waals surface area contributed by atoms with Crippen LogP contribution >= 0.6 is 171 Å². The fraction of sp³-hybridized carbons (Fsp3) is 0.250. The Morgan fingerprint density at radius 1 is 0.600 bits per heavy atom. The fourth-order valence-electron chi connectivity index (χ4n) is 1.83. The molecule has 0 aliphatic heterocycles. The lowest BCUT2D eigenvalue weighted by molar-refractivity contribution is 1.23. The van der Waals surface area contributed by atoms with Crippen LogP contribution in [0, 0.1) is 14.3 Å². The van der Waals surface area contributed by atoms with Crippen LogP contribution in [0.2, 0.25) is 0 Å². The molecule has 25 heavy (non-hydrogen) atoms. The molecule has 0 heterocycles. The molecule has 0 radical (unpaired) electrons. The van der Waals surface area contributed by atoms with Crippen LogP contribution in [0.25, 0.3) is 0 Å². The summed E-state index contributed by atoms with van der Waals surface area (Å²) in [5.74, 6) is 0. The second kappa shape index (κ2) is 12.0. The maximum Gasteiger partial charge on any atom is 0.0583 e. The lowest BCUT2D eigenvalue weighted by atomic mass is 10.4. The summed E-state index contributed by atoms with van der Waals surface area (Å²) in [7, 11) is 0. The van der Waals surface area contributed by atoms with Gasteiger partial charge in [-0.1, -0.05) is 56.9 Å². The summed E-state index contributed by atoms with van der Waals surface area (Å²) in [6.07, 6.45) is 0. The topological polar surface area (TPSA) is 0 Å². The normalized spacial score (nSPS) is 13.8. The minimum absolute atomic E-state index is 0.577. The van der Waals surface area contributed by atoms with Gasteiger partial charge >= 0.3 is 0 Å². The van der Waals surface area contributed by atoms with Gasteiger partial charge in [-0.05, 0) is 128 Å². The highest BCUT2D eigenvalue weighted by Crippen LogP contribution is 2.42. The Morgan fingerprint density at radius 2 is 0.880 bits per heavy atom. The molecule has 2 aromatic carbocycles. The molecule has 0 nitrogen and oxygen atoms in total. The molecule has 2 unspecified atom stereocenters. The van der Waals surface area contributed by atoms with Crippen molar-refractivity contribution in [3.63, 3.8) is 0 Å². The van der Waals surface area contributed by atoms with E-state index in [4.69, 9.17) is 0 Å². The van der Waals surface area contributed by atoms with Gasteiger partial charge in [0.25, 0.3) is 0 Å². The number of hydrogen-bond acceptors (Lipinski definition) is 3. The molecule has 2 atom stereocenters. The number of rotatable bonds is 6. The number of alkyl halides is 2. The maximum atomic E-state index is 2.47. The number of thioether (sulfide) groups is 2. The molecule has 0 aromatic heterocycles. The zero-order chi connectivity index (χ0) is 18.7. The highest BCUT2D eigenvalue weighted by Gasteiger charge is 2.14. The van der Waals surface area contributed by atoms with Gasteiger partial charge in [0.1, 0.15) is 0 Å². The molecule has 136 valence electrons. The molecule has 0 aliphatic carbocycles. The molecule has 0 bridgehead atoms. The highest BCUT2D eigenvalue weighted by molar-refractivity contribution is 14.1. The Kier molecular flexibility index (Phi) is 12.1. The molecule has 0 amide bonds. The van der Waals surface area contributed by atoms with Crippen LogP contribution in [0.15, 0.2) is 43.8 Å². The van der Waals surface area contributed by atoms with Gasteiger partial charge in [0.05, 0.1) is 6.51 Å². The van der Waals surface area contributed by atoms with E-state index in [1.165, 1.54) is 33.9 Å². The van der Waals surface area contributed by atoms with Crippen molar-refractivity contribution in [2.75, 3.05) is 0 Å². The van der Waals surface area contributed by atoms with Crippen molar-refractivity contribution < 1.29 is 0 Å². The van der Waals surface area contributed by atoms with Crippen LogP contribution in [-0.2, 0) is 0 Å². The van der Waals surface area contributed by atoms with Gasteiger partial charge in [0.15, 0.2) is 0 Å². The molecule has 0 aliphatic rings. The summed E-state index contributed by atoms with van der Waals surface area (Å²) in [6, 6.07) is 9.30. The van der Waals surface area contributed by atoms with E-state index in [0.29, 0.717) is 6.51 Å². The quantitative estimate of drug-likeness (QED) is 0.161. The summed E-state index contributed by atoms with van der Waals surface area (Å²) in [6.45, 7) is 4.47. The molecule has 0 spiro atoms. The van der Waals surface area contributed by atoms with Gasteiger partial charge in [-0.2, -0.15) is 0 Å². The van der Waals surface area contributed by atoms with Gasteiger partial charge in [-0.3, -0.25) is 0 Å². The van der Waals surface area contributed by atoms with Crippen molar-refractivity contribution in [3.8, 4) is 0 Å². The van der Waals surface area contributed by atoms with Crippen LogP contribution in [0.4, 0.5) is 0 Å². The van der Waals surface area contributed by atoms with Crippen LogP contribution in [0.3, 0.4) is 0 Å². The van der Waals surface area contributed by atoms with Crippen LogP contribution in [0.5, 0.6) is 0 Å². The minimum Gasteiger partial charge on any atom is -0.111 e. The van der Waals surface area contributed by atoms with Crippen molar-refractivity contribution >= 4 is 171 Å². The molecular formula is C16H12I6S3. The second-order valence-electron chi connectivity index (χ2n) is 4.85. The minimum atomic E-state index is 0.577. The molecule has 9 heteroatoms. The van der Waals surface area contributed by atoms with E-state index in [9.17, 15) is 0 Å². The monoisotopic (exact) mass is 1060 g/mol. The molecule has 0 saturated heterocycles. The summed E-state index contributed by atoms with van der Waals surface area (Å²) in [5, 5.41) is 0. The first-order chi connectivity index (χ1) is 11.7. The molecule has 0 saturated carbocycles. The van der Waals surface area contributed by atoms with Crippen molar-refractivity contribution in [3.05, 3.63) is 38.5 Å². The van der Waals surface area contributed by atoms with Gasteiger partial charge in [0.2, 0.25) is 0 Å². The highest BCUT2D eigenvalue weighted by atomic mass is 127. The first-order valence-electron chi connectivity index (χ1n) is 6.94. The zero-order valence-corrected chi connectivity index (χ0v) is 28.4. The molecule has 0 fully saturated rings. The smallest absolute Gasteiger partial charge is 0.0583 e. The van der Waals surface area contributed by atoms with Gasteiger partial charge < -0.3 is 0 Å². The van der Waals surface area contributed by atoms with Gasteiger partial charge in [0, 0.05) is 33.9 Å². The van der Waals surface area contributed by atoms with Crippen LogP contribution < -0.4 is 0 Å². The van der Waals surface area contributed by atoms with E-state index in [-0.39, 0.29) is 0 Å². The number of hydrogen-bond donors (Lipinski definition) is 0. The molecular weight excluding hydrogens is 1050 g/mol. The van der Waals surface area contributed by atoms with Crippen molar-refractivity contribution in [2.24, 2.45) is 0 Å². The predicted molar refractivity (Wildman–Crippen MR) is 167 cm³/mol. The third-order valence-electron chi connectivity index (χ3n) is 2.77. The SMILES string of the molecule is CC(I)Sc1cc(I)c(Sc2cc(I)c(SC(C)I)cc2I)cc1I. The van der Waals surface area contributed by atoms with E-state index in [2.05, 4.69) is 174 Å².